The zero-order valence-electron chi connectivity index (χ0n) is 10.2. The van der Waals surface area contributed by atoms with Crippen LogP contribution in [0.25, 0.3) is 0 Å². The van der Waals surface area contributed by atoms with Crippen LogP contribution in [0.3, 0.4) is 0 Å². The third kappa shape index (κ3) is 3.65. The minimum absolute atomic E-state index is 0.0668. The zero-order valence-corrected chi connectivity index (χ0v) is 11.9. The summed E-state index contributed by atoms with van der Waals surface area (Å²) in [4.78, 5) is 0. The molecule has 0 radical (unpaired) electrons. The Morgan fingerprint density at radius 3 is 2.71 bits per heavy atom. The number of hydrogen-bond acceptors (Lipinski definition) is 3. The summed E-state index contributed by atoms with van der Waals surface area (Å²) in [6.07, 6.45) is 6.53. The second-order valence-corrected chi connectivity index (χ2v) is 8.15. The third-order valence-corrected chi connectivity index (χ3v) is 7.11. The van der Waals surface area contributed by atoms with Crippen LogP contribution in [0.15, 0.2) is 11.8 Å². The van der Waals surface area contributed by atoms with Gasteiger partial charge in [-0.25, -0.2) is 0 Å². The van der Waals surface area contributed by atoms with Gasteiger partial charge in [-0.1, -0.05) is 0 Å². The summed E-state index contributed by atoms with van der Waals surface area (Å²) in [5, 5.41) is -0.0668. The van der Waals surface area contributed by atoms with Gasteiger partial charge in [0.2, 0.25) is 0 Å². The predicted octanol–water partition coefficient (Wildman–Crippen LogP) is 1.73. The van der Waals surface area contributed by atoms with Crippen molar-refractivity contribution in [2.45, 2.75) is 44.0 Å². The van der Waals surface area contributed by atoms with Gasteiger partial charge in [0.15, 0.2) is 0 Å². The Balaban J connectivity index is 1.89. The highest BCUT2D eigenvalue weighted by Gasteiger charge is 2.30. The van der Waals surface area contributed by atoms with Gasteiger partial charge in [-0.15, -0.1) is 0 Å². The molecule has 2 rings (SSSR count). The molecule has 4 atom stereocenters. The van der Waals surface area contributed by atoms with Crippen molar-refractivity contribution in [3.63, 3.8) is 0 Å². The first-order valence-electron chi connectivity index (χ1n) is 6.22. The maximum atomic E-state index is 11.9. The first kappa shape index (κ1) is 13.3. The van der Waals surface area contributed by atoms with Crippen molar-refractivity contribution in [3.05, 3.63) is 11.8 Å². The molecule has 0 aromatic heterocycles. The number of ether oxygens (including phenoxy) is 1. The van der Waals surface area contributed by atoms with E-state index in [9.17, 15) is 8.42 Å². The van der Waals surface area contributed by atoms with E-state index in [1.807, 2.05) is 13.2 Å². The smallest absolute Gasteiger partial charge is 0.110 e. The van der Waals surface area contributed by atoms with Gasteiger partial charge >= 0.3 is 0 Å². The molecular weight excluding hydrogens is 256 g/mol. The number of allylic oxidation sites excluding steroid dienone is 1. The summed E-state index contributed by atoms with van der Waals surface area (Å²) in [6, 6.07) is 0. The van der Waals surface area contributed by atoms with Crippen LogP contribution in [0.1, 0.15) is 32.6 Å². The highest BCUT2D eigenvalue weighted by atomic mass is 32.2. The van der Waals surface area contributed by atoms with Crippen molar-refractivity contribution in [2.24, 2.45) is 0 Å². The summed E-state index contributed by atoms with van der Waals surface area (Å²) < 4.78 is 29.0. The van der Waals surface area contributed by atoms with Crippen LogP contribution < -0.4 is 0 Å². The van der Waals surface area contributed by atoms with E-state index in [0.29, 0.717) is 17.3 Å². The van der Waals surface area contributed by atoms with Gasteiger partial charge in [0, 0.05) is 38.9 Å². The van der Waals surface area contributed by atoms with Crippen LogP contribution in [0.4, 0.5) is 0 Å². The van der Waals surface area contributed by atoms with E-state index < -0.39 is 21.6 Å². The van der Waals surface area contributed by atoms with Gasteiger partial charge in [0.1, 0.15) is 6.10 Å². The maximum Gasteiger partial charge on any atom is 0.110 e. The lowest BCUT2D eigenvalue weighted by atomic mass is 10.2. The van der Waals surface area contributed by atoms with Gasteiger partial charge in [-0.2, -0.15) is 0 Å². The molecule has 0 aromatic carbocycles. The van der Waals surface area contributed by atoms with Gasteiger partial charge in [-0.3, -0.25) is 8.42 Å². The van der Waals surface area contributed by atoms with Gasteiger partial charge in [0.25, 0.3) is 0 Å². The molecule has 0 spiro atoms. The minimum Gasteiger partial charge on any atom is -0.497 e. The normalized spacial score (nSPS) is 35.6. The van der Waals surface area contributed by atoms with E-state index in [1.165, 1.54) is 18.4 Å². The molecule has 1 aliphatic carbocycles. The highest BCUT2D eigenvalue weighted by Crippen LogP contribution is 2.24. The molecule has 2 aliphatic rings. The lowest BCUT2D eigenvalue weighted by Crippen LogP contribution is -2.41. The van der Waals surface area contributed by atoms with E-state index in [-0.39, 0.29) is 11.4 Å². The maximum absolute atomic E-state index is 11.9. The summed E-state index contributed by atoms with van der Waals surface area (Å²) in [5.74, 6) is 1.66. The Hall–Kier alpha value is -0.160. The van der Waals surface area contributed by atoms with Crippen LogP contribution in [-0.2, 0) is 26.3 Å². The highest BCUT2D eigenvalue weighted by molar-refractivity contribution is 7.92. The molecule has 2 fully saturated rings. The van der Waals surface area contributed by atoms with Crippen molar-refractivity contribution in [1.82, 2.24) is 0 Å². The van der Waals surface area contributed by atoms with Crippen LogP contribution in [0, 0.1) is 0 Å². The molecule has 0 bridgehead atoms. The molecule has 4 unspecified atom stereocenters. The fourth-order valence-electron chi connectivity index (χ4n) is 2.26. The second-order valence-electron chi connectivity index (χ2n) is 4.76. The Morgan fingerprint density at radius 2 is 2.00 bits per heavy atom. The molecule has 98 valence electrons. The SMILES string of the molecule is CC(OC=C1CCCC1)C1CS(=O)CCS1=O. The van der Waals surface area contributed by atoms with Gasteiger partial charge in [0.05, 0.1) is 11.5 Å². The lowest BCUT2D eigenvalue weighted by molar-refractivity contribution is 0.159. The van der Waals surface area contributed by atoms with E-state index in [0.717, 1.165) is 12.8 Å². The van der Waals surface area contributed by atoms with E-state index in [4.69, 9.17) is 4.74 Å². The molecular formula is C12H20O3S2. The molecule has 0 aromatic rings. The van der Waals surface area contributed by atoms with E-state index in [1.54, 1.807) is 0 Å². The molecule has 3 nitrogen and oxygen atoms in total. The topological polar surface area (TPSA) is 43.4 Å². The predicted molar refractivity (Wildman–Crippen MR) is 71.8 cm³/mol. The van der Waals surface area contributed by atoms with Gasteiger partial charge < -0.3 is 4.74 Å². The van der Waals surface area contributed by atoms with E-state index >= 15 is 0 Å². The molecule has 0 amide bonds. The molecule has 1 aliphatic heterocycles. The minimum atomic E-state index is -0.879. The average molecular weight is 276 g/mol. The zero-order chi connectivity index (χ0) is 12.3. The number of hydrogen-bond donors (Lipinski definition) is 0. The second kappa shape index (κ2) is 6.14. The Bertz CT molecular complexity index is 344. The fourth-order valence-corrected chi connectivity index (χ4v) is 6.32. The first-order valence-corrected chi connectivity index (χ1v) is 9.09. The van der Waals surface area contributed by atoms with Crippen molar-refractivity contribution < 1.29 is 13.2 Å². The Kier molecular flexibility index (Phi) is 4.79. The fraction of sp³-hybridized carbons (Fsp3) is 0.833. The quantitative estimate of drug-likeness (QED) is 0.737. The Labute approximate surface area is 108 Å². The van der Waals surface area contributed by atoms with Crippen LogP contribution in [-0.4, -0.2) is 37.0 Å². The van der Waals surface area contributed by atoms with Crippen molar-refractivity contribution in [2.75, 3.05) is 17.3 Å². The third-order valence-electron chi connectivity index (χ3n) is 3.42. The molecule has 1 saturated carbocycles. The summed E-state index contributed by atoms with van der Waals surface area (Å²) in [7, 11) is -1.69. The summed E-state index contributed by atoms with van der Waals surface area (Å²) in [6.45, 7) is 1.94. The van der Waals surface area contributed by atoms with E-state index in [2.05, 4.69) is 0 Å². The van der Waals surface area contributed by atoms with Crippen molar-refractivity contribution in [3.8, 4) is 0 Å². The summed E-state index contributed by atoms with van der Waals surface area (Å²) in [5.41, 5.74) is 1.36. The van der Waals surface area contributed by atoms with Crippen molar-refractivity contribution >= 4 is 21.6 Å². The molecule has 17 heavy (non-hydrogen) atoms. The van der Waals surface area contributed by atoms with Crippen molar-refractivity contribution in [1.29, 1.82) is 0 Å². The van der Waals surface area contributed by atoms with Crippen LogP contribution in [0.2, 0.25) is 0 Å². The van der Waals surface area contributed by atoms with Crippen LogP contribution >= 0.6 is 0 Å². The largest absolute Gasteiger partial charge is 0.497 e. The monoisotopic (exact) mass is 276 g/mol. The van der Waals surface area contributed by atoms with Gasteiger partial charge in [-0.05, 0) is 38.2 Å². The summed E-state index contributed by atoms with van der Waals surface area (Å²) >= 11 is 0. The molecule has 0 N–H and O–H groups in total. The molecule has 1 heterocycles. The Morgan fingerprint density at radius 1 is 1.29 bits per heavy atom. The molecule has 1 saturated heterocycles. The standard InChI is InChI=1S/C12H20O3S2/c1-10(15-8-11-4-2-3-5-11)12-9-16(13)6-7-17(12)14/h8,10,12H,2-7,9H2,1H3. The van der Waals surface area contributed by atoms with Crippen LogP contribution in [0.5, 0.6) is 0 Å². The first-order chi connectivity index (χ1) is 8.16. The average Bonchev–Trinajstić information content (AvgIpc) is 2.82. The number of rotatable bonds is 3. The lowest BCUT2D eigenvalue weighted by Gasteiger charge is -2.26. The molecule has 5 heteroatoms.